The summed E-state index contributed by atoms with van der Waals surface area (Å²) in [5.74, 6) is -9.80. The molecule has 2 saturated heterocycles. The van der Waals surface area contributed by atoms with E-state index in [1.54, 1.807) is 60.7 Å². The van der Waals surface area contributed by atoms with Gasteiger partial charge >= 0.3 is 0 Å². The van der Waals surface area contributed by atoms with E-state index < -0.39 is 169 Å². The van der Waals surface area contributed by atoms with Crippen LogP contribution >= 0.6 is 11.8 Å². The maximum atomic E-state index is 14.7. The number of hydrogen-bond donors (Lipinski definition) is 15. The lowest BCUT2D eigenvalue weighted by Crippen LogP contribution is -2.60. The Morgan fingerprint density at radius 2 is 1.01 bits per heavy atom. The third-order valence-electron chi connectivity index (χ3n) is 16.0. The summed E-state index contributed by atoms with van der Waals surface area (Å²) in [6, 6.07) is 4.51. The number of nitrogens with two attached hydrogens (primary N) is 7. The van der Waals surface area contributed by atoms with E-state index >= 15 is 0 Å². The predicted octanol–water partition coefficient (Wildman–Crippen LogP) is -3.71. The molecule has 22 N–H and O–H groups in total. The fourth-order valence-corrected chi connectivity index (χ4v) is 11.5. The number of carbonyl (C=O) groups excluding carboxylic acids is 13. The van der Waals surface area contributed by atoms with E-state index in [2.05, 4.69) is 47.5 Å². The molecule has 10 atom stereocenters. The fraction of sp³-hybridized carbons (Fsp3) is 0.587. The molecule has 2 fully saturated rings. The van der Waals surface area contributed by atoms with Gasteiger partial charge < -0.3 is 92.5 Å². The number of nitrogens with zero attached hydrogens (tertiary/aromatic N) is 3. The molecule has 0 spiro atoms. The van der Waals surface area contributed by atoms with Gasteiger partial charge in [0.25, 0.3) is 0 Å². The number of benzene rings is 2. The van der Waals surface area contributed by atoms with E-state index in [1.165, 1.54) is 21.6 Å². The first-order valence-electron chi connectivity index (χ1n) is 32.2. The van der Waals surface area contributed by atoms with E-state index in [9.17, 15) is 62.3 Å². The molecule has 0 aliphatic carbocycles. The molecule has 2 aliphatic heterocycles. The fourth-order valence-electron chi connectivity index (χ4n) is 11.0. The Kier molecular flexibility index (Phi) is 33.9. The van der Waals surface area contributed by atoms with E-state index in [1.807, 2.05) is 20.1 Å². The number of nitrogens with one attached hydrogen (secondary N) is 8. The third-order valence-corrected chi connectivity index (χ3v) is 16.7. The average Bonchev–Trinajstić information content (AvgIpc) is 1.74. The Hall–Kier alpha value is -8.91. The van der Waals surface area contributed by atoms with Gasteiger partial charge in [0.05, 0.1) is 12.6 Å². The van der Waals surface area contributed by atoms with Gasteiger partial charge in [0, 0.05) is 45.3 Å². The summed E-state index contributed by atoms with van der Waals surface area (Å²) in [6.45, 7) is 3.86. The first kappa shape index (κ1) is 78.5. The van der Waals surface area contributed by atoms with Crippen molar-refractivity contribution in [2.24, 2.45) is 51.0 Å². The van der Waals surface area contributed by atoms with Gasteiger partial charge in [-0.2, -0.15) is 11.8 Å². The lowest BCUT2D eigenvalue weighted by atomic mass is 10.0. The Bertz CT molecular complexity index is 2960. The Morgan fingerprint density at radius 3 is 1.51 bits per heavy atom. The van der Waals surface area contributed by atoms with Crippen LogP contribution in [0.1, 0.15) is 121 Å². The number of amides is 13. The summed E-state index contributed by atoms with van der Waals surface area (Å²) in [4.78, 5) is 185. The van der Waals surface area contributed by atoms with Crippen LogP contribution in [0.4, 0.5) is 0 Å². The van der Waals surface area contributed by atoms with Crippen molar-refractivity contribution < 1.29 is 62.3 Å². The number of primary amides is 3. The maximum Gasteiger partial charge on any atom is 0.245 e. The Labute approximate surface area is 558 Å². The number of likely N-dealkylation sites (tertiary alicyclic amines) is 2. The molecule has 13 amide bonds. The highest BCUT2D eigenvalue weighted by Crippen LogP contribution is 2.24. The van der Waals surface area contributed by atoms with Gasteiger partial charge in [-0.25, -0.2) is 0 Å². The summed E-state index contributed by atoms with van der Waals surface area (Å²) in [5, 5.41) is 21.1. The van der Waals surface area contributed by atoms with Gasteiger partial charge in [-0.1, -0.05) is 74.5 Å². The molecule has 32 heteroatoms. The average molecular weight is 1350 g/mol. The number of rotatable bonds is 42. The van der Waals surface area contributed by atoms with Gasteiger partial charge in [0.15, 0.2) is 5.96 Å². The normalized spacial score (nSPS) is 16.8. The maximum absolute atomic E-state index is 14.7. The third kappa shape index (κ3) is 27.5. The summed E-state index contributed by atoms with van der Waals surface area (Å²) < 4.78 is 0. The topological polar surface area (TPSA) is 519 Å². The van der Waals surface area contributed by atoms with Gasteiger partial charge in [0.2, 0.25) is 76.8 Å². The smallest absolute Gasteiger partial charge is 0.245 e. The second-order valence-electron chi connectivity index (χ2n) is 24.1. The SMILES string of the molecule is CSCC[C@H](NC(=O)[C@@H](CC(C)C)NC(=O)CNC(=O)[C@@H](Cc1ccccc1)NC(=O)[C@@H](Cc1ccccc1)NC(=O)[C@H](CCC(N)=O)NC(=O)[C@H](CCC(N)=O)NC(=O)[C@@H]1CCCN1C(=O)[C@@H](CCCCN)NC(=O)[C@@H]1CCCN1C(=O)[C@H](N)CCCN=C(N)N)C(N)=O. The zero-order valence-corrected chi connectivity index (χ0v) is 55.3. The number of guanidine groups is 1. The van der Waals surface area contributed by atoms with Crippen LogP contribution < -0.4 is 82.7 Å². The second-order valence-corrected chi connectivity index (χ2v) is 25.1. The molecule has 2 aromatic rings. The van der Waals surface area contributed by atoms with E-state index in [0.29, 0.717) is 55.4 Å². The molecule has 2 heterocycles. The standard InChI is InChI=1S/C63H98N18O13S/c1-37(2)33-45(57(89)74-41(53(68)85)27-32-95-3)73-52(84)36-72-54(86)46(34-38-15-6-4-7-16-38)78-58(90)47(35-39-17-8-5-9-18-39)79-56(88)42(23-25-50(66)82)75-55(87)43(24-26-51(67)83)76-59(91)49-22-14-31-81(49)62(94)44(20-10-11-28-64)77-60(92)48-21-13-30-80(48)61(93)40(65)19-12-29-71-63(69)70/h4-9,15-18,37,40-49H,10-14,19-36,64-65H2,1-3H3,(H2,66,82)(H2,67,83)(H2,68,85)(H,72,86)(H,73,84)(H,74,89)(H,75,87)(H,76,91)(H,77,92)(H,78,90)(H,79,88)(H4,69,70,71)/t40-,41+,42+,43+,44-,45-,46-,47-,48+,49+/m1/s1. The summed E-state index contributed by atoms with van der Waals surface area (Å²) in [6.07, 6.45) is 3.12. The van der Waals surface area contributed by atoms with Crippen LogP contribution in [0.3, 0.4) is 0 Å². The van der Waals surface area contributed by atoms with Crippen LogP contribution in [-0.2, 0) is 75.2 Å². The Balaban J connectivity index is 1.56. The number of hydrogen-bond acceptors (Lipinski definition) is 17. The molecule has 0 bridgehead atoms. The monoisotopic (exact) mass is 1350 g/mol. The minimum absolute atomic E-state index is 0.0736. The van der Waals surface area contributed by atoms with Crippen molar-refractivity contribution in [3.05, 3.63) is 71.8 Å². The van der Waals surface area contributed by atoms with Crippen LogP contribution in [0, 0.1) is 5.92 Å². The summed E-state index contributed by atoms with van der Waals surface area (Å²) in [7, 11) is 0. The highest BCUT2D eigenvalue weighted by atomic mass is 32.2. The van der Waals surface area contributed by atoms with Crippen molar-refractivity contribution in [2.45, 2.75) is 183 Å². The molecule has 31 nitrogen and oxygen atoms in total. The first-order valence-corrected chi connectivity index (χ1v) is 33.6. The van der Waals surface area contributed by atoms with Crippen molar-refractivity contribution in [1.29, 1.82) is 0 Å². The highest BCUT2D eigenvalue weighted by Gasteiger charge is 2.42. The second kappa shape index (κ2) is 41.0. The van der Waals surface area contributed by atoms with E-state index in [0.717, 1.165) is 0 Å². The molecule has 2 aliphatic rings. The van der Waals surface area contributed by atoms with Gasteiger partial charge in [0.1, 0.15) is 54.4 Å². The highest BCUT2D eigenvalue weighted by molar-refractivity contribution is 7.98. The van der Waals surface area contributed by atoms with Gasteiger partial charge in [-0.05, 0) is 119 Å². The van der Waals surface area contributed by atoms with Gasteiger partial charge in [-0.3, -0.25) is 67.3 Å². The van der Waals surface area contributed by atoms with Crippen LogP contribution in [-0.4, -0.2) is 198 Å². The minimum atomic E-state index is -1.64. The van der Waals surface area contributed by atoms with Crippen LogP contribution in [0.15, 0.2) is 65.7 Å². The molecular weight excluding hydrogens is 1250 g/mol. The zero-order valence-electron chi connectivity index (χ0n) is 54.5. The number of aliphatic imine (C=N–C) groups is 1. The van der Waals surface area contributed by atoms with Gasteiger partial charge in [-0.15, -0.1) is 0 Å². The molecule has 0 aromatic heterocycles. The minimum Gasteiger partial charge on any atom is -0.370 e. The molecule has 0 radical (unpaired) electrons. The molecule has 524 valence electrons. The molecule has 0 saturated carbocycles. The molecular formula is C63H98N18O13S. The molecule has 2 aromatic carbocycles. The van der Waals surface area contributed by atoms with E-state index in [-0.39, 0.29) is 83.0 Å². The Morgan fingerprint density at radius 1 is 0.537 bits per heavy atom. The van der Waals surface area contributed by atoms with Crippen LogP contribution in [0.5, 0.6) is 0 Å². The number of unbranched alkanes of at least 4 members (excludes halogenated alkanes) is 1. The first-order chi connectivity index (χ1) is 45.2. The van der Waals surface area contributed by atoms with Crippen molar-refractivity contribution in [3.8, 4) is 0 Å². The largest absolute Gasteiger partial charge is 0.370 e. The van der Waals surface area contributed by atoms with Crippen LogP contribution in [0.25, 0.3) is 0 Å². The summed E-state index contributed by atoms with van der Waals surface area (Å²) >= 11 is 1.45. The molecule has 95 heavy (non-hydrogen) atoms. The van der Waals surface area contributed by atoms with Crippen molar-refractivity contribution in [2.75, 3.05) is 44.7 Å². The molecule has 4 rings (SSSR count). The number of thioether (sulfide) groups is 1. The summed E-state index contributed by atoms with van der Waals surface area (Å²) in [5.41, 5.74) is 40.6. The number of carbonyl (C=O) groups is 13. The van der Waals surface area contributed by atoms with Crippen LogP contribution in [0.2, 0.25) is 0 Å². The lowest BCUT2D eigenvalue weighted by Gasteiger charge is -2.32. The van der Waals surface area contributed by atoms with E-state index in [4.69, 9.17) is 40.1 Å². The zero-order chi connectivity index (χ0) is 70.1. The lowest BCUT2D eigenvalue weighted by molar-refractivity contribution is -0.144. The predicted molar refractivity (Wildman–Crippen MR) is 356 cm³/mol. The van der Waals surface area contributed by atoms with Crippen molar-refractivity contribution in [3.63, 3.8) is 0 Å². The molecule has 0 unspecified atom stereocenters. The van der Waals surface area contributed by atoms with Crippen molar-refractivity contribution >= 4 is 94.5 Å². The quantitative estimate of drug-likeness (QED) is 0.0173. The van der Waals surface area contributed by atoms with Crippen molar-refractivity contribution in [1.82, 2.24) is 52.3 Å².